The Bertz CT molecular complexity index is 286. The van der Waals surface area contributed by atoms with E-state index in [1.54, 1.807) is 11.3 Å². The minimum Gasteiger partial charge on any atom is -0.316 e. The summed E-state index contributed by atoms with van der Waals surface area (Å²) in [6.45, 7) is 11.0. The maximum Gasteiger partial charge on any atom is 0.0941 e. The molecule has 2 nitrogen and oxygen atoms in total. The number of thiazole rings is 1. The van der Waals surface area contributed by atoms with Crippen molar-refractivity contribution in [2.75, 3.05) is 13.1 Å². The van der Waals surface area contributed by atoms with Gasteiger partial charge in [-0.1, -0.05) is 27.7 Å². The highest BCUT2D eigenvalue weighted by Gasteiger charge is 2.16. The third-order valence-electron chi connectivity index (χ3n) is 2.26. The summed E-state index contributed by atoms with van der Waals surface area (Å²) in [6.07, 6.45) is 2.26. The number of hydrogen-bond acceptors (Lipinski definition) is 3. The van der Waals surface area contributed by atoms with Gasteiger partial charge in [-0.05, 0) is 13.0 Å². The van der Waals surface area contributed by atoms with Gasteiger partial charge in [0.1, 0.15) is 0 Å². The monoisotopic (exact) mass is 226 g/mol. The van der Waals surface area contributed by atoms with Crippen LogP contribution in [0.3, 0.4) is 0 Å². The van der Waals surface area contributed by atoms with E-state index in [4.69, 9.17) is 0 Å². The number of aromatic nitrogens is 1. The highest BCUT2D eigenvalue weighted by atomic mass is 32.1. The van der Waals surface area contributed by atoms with Crippen LogP contribution in [0, 0.1) is 0 Å². The molecule has 1 aromatic rings. The topological polar surface area (TPSA) is 24.9 Å². The average molecular weight is 226 g/mol. The van der Waals surface area contributed by atoms with E-state index in [1.807, 2.05) is 0 Å². The van der Waals surface area contributed by atoms with Gasteiger partial charge in [-0.3, -0.25) is 0 Å². The quantitative estimate of drug-likeness (QED) is 0.781. The first-order chi connectivity index (χ1) is 7.04. The van der Waals surface area contributed by atoms with Crippen molar-refractivity contribution in [3.05, 3.63) is 16.1 Å². The fourth-order valence-electron chi connectivity index (χ4n) is 1.27. The number of nitrogens with one attached hydrogen (secondary N) is 1. The lowest BCUT2D eigenvalue weighted by molar-refractivity contribution is 0.569. The van der Waals surface area contributed by atoms with Gasteiger partial charge in [0.2, 0.25) is 0 Å². The van der Waals surface area contributed by atoms with Crippen molar-refractivity contribution >= 4 is 11.3 Å². The molecule has 0 saturated carbocycles. The van der Waals surface area contributed by atoms with E-state index in [-0.39, 0.29) is 5.41 Å². The van der Waals surface area contributed by atoms with E-state index in [1.165, 1.54) is 17.1 Å². The molecule has 0 fully saturated rings. The van der Waals surface area contributed by atoms with E-state index in [2.05, 4.69) is 43.4 Å². The normalized spacial score (nSPS) is 12.0. The van der Waals surface area contributed by atoms with E-state index in [0.717, 1.165) is 19.5 Å². The molecule has 0 aliphatic carbocycles. The molecule has 0 spiro atoms. The van der Waals surface area contributed by atoms with Gasteiger partial charge < -0.3 is 5.32 Å². The van der Waals surface area contributed by atoms with Crippen molar-refractivity contribution in [3.63, 3.8) is 0 Å². The number of rotatable bonds is 5. The molecule has 0 aliphatic heterocycles. The zero-order valence-electron chi connectivity index (χ0n) is 10.3. The smallest absolute Gasteiger partial charge is 0.0941 e. The van der Waals surface area contributed by atoms with Gasteiger partial charge in [-0.2, -0.15) is 0 Å². The number of hydrogen-bond donors (Lipinski definition) is 1. The third kappa shape index (κ3) is 4.31. The molecule has 15 heavy (non-hydrogen) atoms. The molecule has 86 valence electrons. The Morgan fingerprint density at radius 3 is 2.60 bits per heavy atom. The highest BCUT2D eigenvalue weighted by molar-refractivity contribution is 7.09. The van der Waals surface area contributed by atoms with Gasteiger partial charge in [-0.25, -0.2) is 4.98 Å². The summed E-state index contributed by atoms with van der Waals surface area (Å²) >= 11 is 1.78. The lowest BCUT2D eigenvalue weighted by Gasteiger charge is -2.14. The Labute approximate surface area is 97.1 Å². The van der Waals surface area contributed by atoms with Crippen LogP contribution in [0.2, 0.25) is 0 Å². The zero-order chi connectivity index (χ0) is 11.3. The van der Waals surface area contributed by atoms with Crippen LogP contribution in [0.5, 0.6) is 0 Å². The fourth-order valence-corrected chi connectivity index (χ4v) is 2.29. The maximum atomic E-state index is 4.66. The first-order valence-corrected chi connectivity index (χ1v) is 6.57. The first kappa shape index (κ1) is 12.7. The maximum absolute atomic E-state index is 4.66. The second-order valence-electron chi connectivity index (χ2n) is 4.88. The van der Waals surface area contributed by atoms with Crippen LogP contribution in [0.4, 0.5) is 0 Å². The third-order valence-corrected chi connectivity index (χ3v) is 3.17. The molecular formula is C12H22N2S. The van der Waals surface area contributed by atoms with Crippen LogP contribution in [-0.4, -0.2) is 18.1 Å². The van der Waals surface area contributed by atoms with Crippen LogP contribution in [-0.2, 0) is 11.8 Å². The standard InChI is InChI=1S/C12H22N2S/c1-5-7-13-8-6-11-14-10(9-15-11)12(2,3)4/h9,13H,5-8H2,1-4H3. The lowest BCUT2D eigenvalue weighted by Crippen LogP contribution is -2.18. The molecule has 3 heteroatoms. The molecule has 1 aromatic heterocycles. The summed E-state index contributed by atoms with van der Waals surface area (Å²) in [4.78, 5) is 4.66. The van der Waals surface area contributed by atoms with Crippen LogP contribution in [0.1, 0.15) is 44.8 Å². The summed E-state index contributed by atoms with van der Waals surface area (Å²) in [6, 6.07) is 0. The van der Waals surface area contributed by atoms with Crippen LogP contribution in [0.25, 0.3) is 0 Å². The molecule has 0 unspecified atom stereocenters. The average Bonchev–Trinajstić information content (AvgIpc) is 2.60. The van der Waals surface area contributed by atoms with Gasteiger partial charge in [0.05, 0.1) is 10.7 Å². The number of nitrogens with zero attached hydrogens (tertiary/aromatic N) is 1. The van der Waals surface area contributed by atoms with Gasteiger partial charge >= 0.3 is 0 Å². The second-order valence-corrected chi connectivity index (χ2v) is 5.82. The van der Waals surface area contributed by atoms with Crippen LogP contribution >= 0.6 is 11.3 Å². The molecule has 0 bridgehead atoms. The van der Waals surface area contributed by atoms with Crippen LogP contribution < -0.4 is 5.32 Å². The predicted molar refractivity (Wildman–Crippen MR) is 67.7 cm³/mol. The largest absolute Gasteiger partial charge is 0.316 e. The van der Waals surface area contributed by atoms with Crippen molar-refractivity contribution in [1.29, 1.82) is 0 Å². The lowest BCUT2D eigenvalue weighted by atomic mass is 9.93. The van der Waals surface area contributed by atoms with Gasteiger partial charge in [0.15, 0.2) is 0 Å². The molecule has 0 aliphatic rings. The van der Waals surface area contributed by atoms with Crippen LogP contribution in [0.15, 0.2) is 5.38 Å². The Kier molecular flexibility index (Phi) is 4.74. The second kappa shape index (κ2) is 5.61. The van der Waals surface area contributed by atoms with E-state index in [9.17, 15) is 0 Å². The molecule has 1 rings (SSSR count). The van der Waals surface area contributed by atoms with Crippen molar-refractivity contribution in [1.82, 2.24) is 10.3 Å². The molecule has 0 aromatic carbocycles. The van der Waals surface area contributed by atoms with E-state index in [0.29, 0.717) is 0 Å². The summed E-state index contributed by atoms with van der Waals surface area (Å²) in [5.74, 6) is 0. The Balaban J connectivity index is 2.40. The van der Waals surface area contributed by atoms with Gasteiger partial charge in [-0.15, -0.1) is 11.3 Å². The Hall–Kier alpha value is -0.410. The van der Waals surface area contributed by atoms with Crippen molar-refractivity contribution in [2.45, 2.75) is 46.0 Å². The predicted octanol–water partition coefficient (Wildman–Crippen LogP) is 2.98. The first-order valence-electron chi connectivity index (χ1n) is 5.69. The van der Waals surface area contributed by atoms with Crippen molar-refractivity contribution in [3.8, 4) is 0 Å². The van der Waals surface area contributed by atoms with E-state index >= 15 is 0 Å². The molecule has 1 heterocycles. The summed E-state index contributed by atoms with van der Waals surface area (Å²) in [7, 11) is 0. The minimum atomic E-state index is 0.186. The van der Waals surface area contributed by atoms with Crippen molar-refractivity contribution < 1.29 is 0 Å². The zero-order valence-corrected chi connectivity index (χ0v) is 11.1. The molecule has 0 radical (unpaired) electrons. The summed E-state index contributed by atoms with van der Waals surface area (Å²) in [5, 5.41) is 6.84. The van der Waals surface area contributed by atoms with E-state index < -0.39 is 0 Å². The molecule has 0 atom stereocenters. The molecule has 0 amide bonds. The minimum absolute atomic E-state index is 0.186. The van der Waals surface area contributed by atoms with Gasteiger partial charge in [0.25, 0.3) is 0 Å². The SMILES string of the molecule is CCCNCCc1nc(C(C)(C)C)cs1. The molecule has 1 N–H and O–H groups in total. The fraction of sp³-hybridized carbons (Fsp3) is 0.750. The Morgan fingerprint density at radius 1 is 1.33 bits per heavy atom. The Morgan fingerprint density at radius 2 is 2.07 bits per heavy atom. The highest BCUT2D eigenvalue weighted by Crippen LogP contribution is 2.23. The summed E-state index contributed by atoms with van der Waals surface area (Å²) in [5.41, 5.74) is 1.41. The summed E-state index contributed by atoms with van der Waals surface area (Å²) < 4.78 is 0. The van der Waals surface area contributed by atoms with Crippen molar-refractivity contribution in [2.24, 2.45) is 0 Å². The molecular weight excluding hydrogens is 204 g/mol. The molecule has 0 saturated heterocycles. The van der Waals surface area contributed by atoms with Gasteiger partial charge in [0, 0.05) is 23.8 Å².